The maximum absolute atomic E-state index is 13.4. The molecule has 36 heavy (non-hydrogen) atoms. The van der Waals surface area contributed by atoms with Gasteiger partial charge < -0.3 is 10.4 Å². The minimum atomic E-state index is -1.25. The maximum Gasteiger partial charge on any atom is 0.426 e. The molecule has 14 heteroatoms. The third-order valence-electron chi connectivity index (χ3n) is 5.01. The van der Waals surface area contributed by atoms with Crippen LogP contribution >= 0.6 is 59.4 Å². The molecule has 0 radical (unpaired) electrons. The summed E-state index contributed by atoms with van der Waals surface area (Å²) >= 11 is 16.4. The van der Waals surface area contributed by atoms with Gasteiger partial charge in [-0.15, -0.1) is 0 Å². The van der Waals surface area contributed by atoms with Gasteiger partial charge in [0.05, 0.1) is 5.02 Å². The molecule has 0 spiro atoms. The zero-order valence-electron chi connectivity index (χ0n) is 19.0. The van der Waals surface area contributed by atoms with E-state index in [1.807, 2.05) is 0 Å². The summed E-state index contributed by atoms with van der Waals surface area (Å²) in [6.45, 7) is 3.50. The van der Waals surface area contributed by atoms with Crippen LogP contribution in [0.3, 0.4) is 0 Å². The second kappa shape index (κ2) is 12.2. The highest BCUT2D eigenvalue weighted by molar-refractivity contribution is 9.11. The van der Waals surface area contributed by atoms with Crippen LogP contribution in [0.15, 0.2) is 50.1 Å². The zero-order valence-corrected chi connectivity index (χ0v) is 24.5. The van der Waals surface area contributed by atoms with E-state index in [0.717, 1.165) is 10.0 Å². The molecule has 0 unspecified atom stereocenters. The molecule has 0 aliphatic rings. The molecule has 0 saturated carbocycles. The van der Waals surface area contributed by atoms with Crippen LogP contribution in [0.5, 0.6) is 0 Å². The maximum atomic E-state index is 13.4. The largest absolute Gasteiger partial charge is 0.464 e. The number of pyridine rings is 1. The molecule has 2 heterocycles. The van der Waals surface area contributed by atoms with Gasteiger partial charge in [-0.25, -0.2) is 24.5 Å². The molecule has 0 fully saturated rings. The number of nitrogens with one attached hydrogen (secondary N) is 1. The number of amides is 3. The van der Waals surface area contributed by atoms with Crippen LogP contribution in [0, 0.1) is 0 Å². The van der Waals surface area contributed by atoms with Gasteiger partial charge in [0.25, 0.3) is 11.8 Å². The Morgan fingerprint density at radius 3 is 2.42 bits per heavy atom. The predicted molar refractivity (Wildman–Crippen MR) is 144 cm³/mol. The van der Waals surface area contributed by atoms with Gasteiger partial charge in [-0.3, -0.25) is 9.59 Å². The second-order valence-corrected chi connectivity index (χ2v) is 10.2. The summed E-state index contributed by atoms with van der Waals surface area (Å²) in [7, 11) is 0. The van der Waals surface area contributed by atoms with Gasteiger partial charge in [0.15, 0.2) is 5.82 Å². The number of carbonyl (C=O) groups excluding carboxylic acids is 2. The molecule has 0 aliphatic heterocycles. The van der Waals surface area contributed by atoms with Gasteiger partial charge in [0, 0.05) is 46.4 Å². The lowest BCUT2D eigenvalue weighted by molar-refractivity contribution is 0.00355. The first-order chi connectivity index (χ1) is 17.1. The summed E-state index contributed by atoms with van der Waals surface area (Å²) in [5.41, 5.74) is 0.861. The molecule has 1 aromatic carbocycles. The number of benzene rings is 1. The van der Waals surface area contributed by atoms with E-state index in [-0.39, 0.29) is 36.7 Å². The van der Waals surface area contributed by atoms with Crippen molar-refractivity contribution in [2.24, 2.45) is 0 Å². The first kappa shape index (κ1) is 28.1. The lowest BCUT2D eigenvalue weighted by Crippen LogP contribution is -2.49. The molecule has 3 rings (SSSR count). The SMILES string of the molecule is CCN(C(=O)O)N(CC)C(=O)c1cc(Br)cc(Br)c1CNC(=O)c1cc(Br)nn1-c1ncccc1Cl. The van der Waals surface area contributed by atoms with Gasteiger partial charge in [-0.1, -0.05) is 43.5 Å². The second-order valence-electron chi connectivity index (χ2n) is 7.19. The third-order valence-corrected chi connectivity index (χ3v) is 6.86. The molecule has 190 valence electrons. The van der Waals surface area contributed by atoms with Crippen LogP contribution in [-0.4, -0.2) is 60.9 Å². The smallest absolute Gasteiger partial charge is 0.426 e. The van der Waals surface area contributed by atoms with Gasteiger partial charge >= 0.3 is 6.09 Å². The minimum absolute atomic E-state index is 0.0384. The van der Waals surface area contributed by atoms with Crippen molar-refractivity contribution >= 4 is 77.3 Å². The number of aromatic nitrogens is 3. The number of hydrogen-bond acceptors (Lipinski definition) is 5. The summed E-state index contributed by atoms with van der Waals surface area (Å²) in [5, 5.41) is 19.0. The highest BCUT2D eigenvalue weighted by Crippen LogP contribution is 2.28. The van der Waals surface area contributed by atoms with Crippen molar-refractivity contribution in [3.63, 3.8) is 0 Å². The molecule has 3 amide bonds. The van der Waals surface area contributed by atoms with Crippen molar-refractivity contribution < 1.29 is 19.5 Å². The van der Waals surface area contributed by atoms with E-state index >= 15 is 0 Å². The zero-order chi connectivity index (χ0) is 26.6. The first-order valence-electron chi connectivity index (χ1n) is 10.5. The number of carboxylic acid groups (broad SMARTS) is 1. The van der Waals surface area contributed by atoms with E-state index in [1.54, 1.807) is 38.1 Å². The number of nitrogens with zero attached hydrogens (tertiary/aromatic N) is 5. The quantitative estimate of drug-likeness (QED) is 0.313. The van der Waals surface area contributed by atoms with E-state index < -0.39 is 17.9 Å². The molecule has 0 saturated heterocycles. The molecule has 2 aromatic heterocycles. The Labute approximate surface area is 237 Å². The van der Waals surface area contributed by atoms with Gasteiger partial charge in [0.1, 0.15) is 10.3 Å². The van der Waals surface area contributed by atoms with Crippen molar-refractivity contribution in [2.45, 2.75) is 20.4 Å². The highest BCUT2D eigenvalue weighted by Gasteiger charge is 2.27. The normalized spacial score (nSPS) is 10.7. The Morgan fingerprint density at radius 1 is 1.11 bits per heavy atom. The molecule has 0 aliphatic carbocycles. The minimum Gasteiger partial charge on any atom is -0.464 e. The monoisotopic (exact) mass is 704 g/mol. The number of halogens is 4. The Bertz CT molecular complexity index is 1320. The van der Waals surface area contributed by atoms with Crippen molar-refractivity contribution in [1.82, 2.24) is 30.1 Å². The third kappa shape index (κ3) is 6.07. The van der Waals surface area contributed by atoms with E-state index in [2.05, 4.69) is 63.2 Å². The summed E-state index contributed by atoms with van der Waals surface area (Å²) < 4.78 is 2.88. The molecule has 3 aromatic rings. The summed E-state index contributed by atoms with van der Waals surface area (Å²) in [5.74, 6) is -0.736. The van der Waals surface area contributed by atoms with Gasteiger partial charge in [0.2, 0.25) is 0 Å². The topological polar surface area (TPSA) is 121 Å². The lowest BCUT2D eigenvalue weighted by atomic mass is 10.1. The standard InChI is InChI=1S/C22H20Br3ClN6O4/c1-3-30(31(4-2)22(35)36)21(34)13-8-12(23)9-15(24)14(13)11-28-20(33)17-10-18(25)29-32(17)19-16(26)6-5-7-27-19/h5-10H,3-4,11H2,1-2H3,(H,28,33)(H,35,36). The number of rotatable bonds is 7. The molecule has 0 bridgehead atoms. The van der Waals surface area contributed by atoms with Crippen molar-refractivity contribution in [3.05, 3.63) is 71.9 Å². The molecule has 10 nitrogen and oxygen atoms in total. The van der Waals surface area contributed by atoms with Crippen molar-refractivity contribution in [1.29, 1.82) is 0 Å². The van der Waals surface area contributed by atoms with Gasteiger partial charge in [-0.05, 0) is 59.6 Å². The van der Waals surface area contributed by atoms with Gasteiger partial charge in [-0.2, -0.15) is 5.10 Å². The van der Waals surface area contributed by atoms with E-state index in [4.69, 9.17) is 11.6 Å². The van der Waals surface area contributed by atoms with E-state index in [9.17, 15) is 19.5 Å². The summed E-state index contributed by atoms with van der Waals surface area (Å²) in [6, 6.07) is 8.14. The Balaban J connectivity index is 1.94. The molecular formula is C22H20Br3ClN6O4. The fraction of sp³-hybridized carbons (Fsp3) is 0.227. The fourth-order valence-corrected chi connectivity index (χ4v) is 5.36. The first-order valence-corrected chi connectivity index (χ1v) is 13.3. The van der Waals surface area contributed by atoms with Crippen LogP contribution < -0.4 is 5.32 Å². The Kier molecular flexibility index (Phi) is 9.50. The lowest BCUT2D eigenvalue weighted by Gasteiger charge is -2.31. The average Bonchev–Trinajstić information content (AvgIpc) is 3.22. The van der Waals surface area contributed by atoms with Crippen molar-refractivity contribution in [3.8, 4) is 5.82 Å². The molecule has 0 atom stereocenters. The van der Waals surface area contributed by atoms with E-state index in [1.165, 1.54) is 16.9 Å². The molecule has 2 N–H and O–H groups in total. The van der Waals surface area contributed by atoms with Crippen LogP contribution in [0.25, 0.3) is 5.82 Å². The van der Waals surface area contributed by atoms with Crippen LogP contribution in [0.2, 0.25) is 5.02 Å². The Morgan fingerprint density at radius 2 is 1.81 bits per heavy atom. The number of hydrogen-bond donors (Lipinski definition) is 2. The summed E-state index contributed by atoms with van der Waals surface area (Å²) in [4.78, 5) is 42.5. The van der Waals surface area contributed by atoms with E-state index in [0.29, 0.717) is 24.1 Å². The van der Waals surface area contributed by atoms with Crippen LogP contribution in [-0.2, 0) is 6.54 Å². The predicted octanol–water partition coefficient (Wildman–Crippen LogP) is 5.52. The number of carbonyl (C=O) groups is 3. The van der Waals surface area contributed by atoms with Crippen LogP contribution in [0.1, 0.15) is 40.3 Å². The summed E-state index contributed by atoms with van der Waals surface area (Å²) in [6.07, 6.45) is 0.287. The highest BCUT2D eigenvalue weighted by atomic mass is 79.9. The Hall–Kier alpha value is -2.48. The molecular weight excluding hydrogens is 687 g/mol. The fourth-order valence-electron chi connectivity index (χ4n) is 3.41. The van der Waals surface area contributed by atoms with Crippen molar-refractivity contribution in [2.75, 3.05) is 13.1 Å². The van der Waals surface area contributed by atoms with Crippen LogP contribution in [0.4, 0.5) is 4.79 Å². The number of hydrazine groups is 1. The average molecular weight is 708 g/mol.